The highest BCUT2D eigenvalue weighted by atomic mass is 16.3. The van der Waals surface area contributed by atoms with Crippen LogP contribution in [0.1, 0.15) is 46.2 Å². The Bertz CT molecular complexity index is 540. The van der Waals surface area contributed by atoms with Crippen LogP contribution >= 0.6 is 0 Å². The Hall–Kier alpha value is -1.20. The van der Waals surface area contributed by atoms with Crippen LogP contribution in [-0.4, -0.2) is 45.5 Å². The zero-order valence-electron chi connectivity index (χ0n) is 14.2. The number of likely N-dealkylation sites (tertiary alicyclic amines) is 1. The lowest BCUT2D eigenvalue weighted by Gasteiger charge is -2.31. The number of aliphatic hydroxyl groups is 1. The first-order valence-corrected chi connectivity index (χ1v) is 8.25. The van der Waals surface area contributed by atoms with Gasteiger partial charge in [-0.15, -0.1) is 0 Å². The molecule has 5 nitrogen and oxygen atoms in total. The van der Waals surface area contributed by atoms with Gasteiger partial charge in [0.25, 0.3) is 5.56 Å². The van der Waals surface area contributed by atoms with E-state index in [1.54, 1.807) is 12.1 Å². The minimum atomic E-state index is -0.561. The summed E-state index contributed by atoms with van der Waals surface area (Å²) in [6, 6.07) is 3.32. The maximum Gasteiger partial charge on any atom is 0.266 e. The molecule has 0 radical (unpaired) electrons. The van der Waals surface area contributed by atoms with Crippen molar-refractivity contribution in [1.29, 1.82) is 0 Å². The van der Waals surface area contributed by atoms with E-state index in [1.165, 1.54) is 17.5 Å². The van der Waals surface area contributed by atoms with Gasteiger partial charge < -0.3 is 10.0 Å². The Morgan fingerprint density at radius 2 is 1.91 bits per heavy atom. The number of aliphatic hydroxyl groups excluding tert-OH is 1. The third-order valence-electron chi connectivity index (χ3n) is 4.36. The Balaban J connectivity index is 1.99. The van der Waals surface area contributed by atoms with E-state index in [2.05, 4.69) is 37.7 Å². The molecule has 0 bridgehead atoms. The summed E-state index contributed by atoms with van der Waals surface area (Å²) in [5, 5.41) is 14.7. The molecule has 1 fully saturated rings. The highest BCUT2D eigenvalue weighted by Gasteiger charge is 2.20. The second-order valence-electron chi connectivity index (χ2n) is 7.63. The van der Waals surface area contributed by atoms with Crippen molar-refractivity contribution >= 4 is 0 Å². The third kappa shape index (κ3) is 4.65. The number of piperidine rings is 1. The standard InChI is InChI=1S/C17H29N3O2/c1-13-7-9-19(10-8-13)11-14(21)12-20-16(22)6-5-15(18-20)17(2,3)4/h5-6,13-14,21H,7-12H2,1-4H3. The molecule has 124 valence electrons. The lowest BCUT2D eigenvalue weighted by molar-refractivity contribution is 0.0763. The maximum atomic E-state index is 11.9. The van der Waals surface area contributed by atoms with Crippen LogP contribution in [0, 0.1) is 5.92 Å². The van der Waals surface area contributed by atoms with Crippen molar-refractivity contribution in [3.05, 3.63) is 28.2 Å². The van der Waals surface area contributed by atoms with Crippen molar-refractivity contribution in [2.24, 2.45) is 5.92 Å². The quantitative estimate of drug-likeness (QED) is 0.918. The number of aromatic nitrogens is 2. The summed E-state index contributed by atoms with van der Waals surface area (Å²) >= 11 is 0. The fourth-order valence-electron chi connectivity index (χ4n) is 2.78. The lowest BCUT2D eigenvalue weighted by Crippen LogP contribution is -2.41. The molecule has 1 unspecified atom stereocenters. The maximum absolute atomic E-state index is 11.9. The van der Waals surface area contributed by atoms with E-state index in [-0.39, 0.29) is 17.5 Å². The molecule has 0 spiro atoms. The number of hydrogen-bond acceptors (Lipinski definition) is 4. The van der Waals surface area contributed by atoms with Gasteiger partial charge in [-0.2, -0.15) is 5.10 Å². The summed E-state index contributed by atoms with van der Waals surface area (Å²) < 4.78 is 1.40. The van der Waals surface area contributed by atoms with Gasteiger partial charge in [-0.3, -0.25) is 4.79 Å². The van der Waals surface area contributed by atoms with E-state index in [0.717, 1.165) is 24.7 Å². The van der Waals surface area contributed by atoms with E-state index in [4.69, 9.17) is 0 Å². The van der Waals surface area contributed by atoms with Crippen molar-refractivity contribution in [1.82, 2.24) is 14.7 Å². The van der Waals surface area contributed by atoms with Crippen LogP contribution < -0.4 is 5.56 Å². The second kappa shape index (κ2) is 6.92. The molecule has 2 heterocycles. The Kier molecular flexibility index (Phi) is 5.40. The van der Waals surface area contributed by atoms with Crippen LogP contribution in [0.2, 0.25) is 0 Å². The van der Waals surface area contributed by atoms with Crippen molar-refractivity contribution in [2.45, 2.75) is 58.6 Å². The average molecular weight is 307 g/mol. The summed E-state index contributed by atoms with van der Waals surface area (Å²) in [7, 11) is 0. The molecule has 0 aliphatic carbocycles. The minimum Gasteiger partial charge on any atom is -0.390 e. The first kappa shape index (κ1) is 17.2. The molecule has 1 aromatic rings. The predicted molar refractivity (Wildman–Crippen MR) is 88.0 cm³/mol. The van der Waals surface area contributed by atoms with E-state index < -0.39 is 6.10 Å². The molecule has 1 atom stereocenters. The van der Waals surface area contributed by atoms with Crippen LogP contribution in [0.4, 0.5) is 0 Å². The molecule has 0 aromatic carbocycles. The summed E-state index contributed by atoms with van der Waals surface area (Å²) in [5.74, 6) is 0.779. The van der Waals surface area contributed by atoms with Crippen LogP contribution in [0.3, 0.4) is 0 Å². The minimum absolute atomic E-state index is 0.108. The third-order valence-corrected chi connectivity index (χ3v) is 4.36. The van der Waals surface area contributed by atoms with Gasteiger partial charge in [-0.25, -0.2) is 4.68 Å². The van der Waals surface area contributed by atoms with Gasteiger partial charge in [0.05, 0.1) is 18.3 Å². The molecule has 22 heavy (non-hydrogen) atoms. The van der Waals surface area contributed by atoms with Crippen LogP contribution in [0.5, 0.6) is 0 Å². The van der Waals surface area contributed by atoms with Crippen LogP contribution in [0.15, 0.2) is 16.9 Å². The van der Waals surface area contributed by atoms with Crippen molar-refractivity contribution in [3.63, 3.8) is 0 Å². The summed E-state index contributed by atoms with van der Waals surface area (Å²) in [6.07, 6.45) is 1.81. The molecule has 1 aliphatic heterocycles. The van der Waals surface area contributed by atoms with Gasteiger partial charge in [0.1, 0.15) is 0 Å². The average Bonchev–Trinajstić information content (AvgIpc) is 2.42. The zero-order valence-corrected chi connectivity index (χ0v) is 14.2. The van der Waals surface area contributed by atoms with Crippen molar-refractivity contribution in [2.75, 3.05) is 19.6 Å². The van der Waals surface area contributed by atoms with Crippen LogP contribution in [-0.2, 0) is 12.0 Å². The highest BCUT2D eigenvalue weighted by molar-refractivity contribution is 5.10. The number of rotatable bonds is 4. The highest BCUT2D eigenvalue weighted by Crippen LogP contribution is 2.18. The van der Waals surface area contributed by atoms with Gasteiger partial charge in [-0.1, -0.05) is 27.7 Å². The van der Waals surface area contributed by atoms with Gasteiger partial charge >= 0.3 is 0 Å². The monoisotopic (exact) mass is 307 g/mol. The summed E-state index contributed by atoms with van der Waals surface area (Å²) in [5.41, 5.74) is 0.606. The zero-order chi connectivity index (χ0) is 16.3. The molecule has 1 saturated heterocycles. The smallest absolute Gasteiger partial charge is 0.266 e. The molecule has 0 amide bonds. The van der Waals surface area contributed by atoms with Gasteiger partial charge in [0.15, 0.2) is 0 Å². The number of nitrogens with zero attached hydrogens (tertiary/aromatic N) is 3. The van der Waals surface area contributed by atoms with Gasteiger partial charge in [0.2, 0.25) is 0 Å². The normalized spacial score (nSPS) is 19.3. The van der Waals surface area contributed by atoms with Crippen molar-refractivity contribution in [3.8, 4) is 0 Å². The molecule has 1 N–H and O–H groups in total. The lowest BCUT2D eigenvalue weighted by atomic mass is 9.92. The molecular formula is C17H29N3O2. The van der Waals surface area contributed by atoms with Gasteiger partial charge in [-0.05, 0) is 37.9 Å². The van der Waals surface area contributed by atoms with Crippen LogP contribution in [0.25, 0.3) is 0 Å². The fourth-order valence-corrected chi connectivity index (χ4v) is 2.78. The van der Waals surface area contributed by atoms with E-state index in [0.29, 0.717) is 6.54 Å². The van der Waals surface area contributed by atoms with E-state index in [9.17, 15) is 9.90 Å². The fraction of sp³-hybridized carbons (Fsp3) is 0.765. The molecule has 2 rings (SSSR count). The molecule has 0 saturated carbocycles. The molecule has 1 aliphatic rings. The Morgan fingerprint density at radius 1 is 1.27 bits per heavy atom. The first-order valence-electron chi connectivity index (χ1n) is 8.25. The van der Waals surface area contributed by atoms with Crippen molar-refractivity contribution < 1.29 is 5.11 Å². The Labute approximate surface area is 133 Å². The van der Waals surface area contributed by atoms with E-state index >= 15 is 0 Å². The topological polar surface area (TPSA) is 58.4 Å². The van der Waals surface area contributed by atoms with E-state index in [1.807, 2.05) is 0 Å². The molecule has 5 heteroatoms. The molecular weight excluding hydrogens is 278 g/mol. The largest absolute Gasteiger partial charge is 0.390 e. The number of β-amino-alcohol motifs (C(OH)–C–C–N with tert-alkyl or cyclic N) is 1. The molecule has 1 aromatic heterocycles. The summed E-state index contributed by atoms with van der Waals surface area (Å²) in [4.78, 5) is 14.2. The first-order chi connectivity index (χ1) is 10.3. The predicted octanol–water partition coefficient (Wildman–Crippen LogP) is 1.63. The van der Waals surface area contributed by atoms with Gasteiger partial charge in [0, 0.05) is 18.0 Å². The SMILES string of the molecule is CC1CCN(CC(O)Cn2nc(C(C)(C)C)ccc2=O)CC1. The number of hydrogen-bond donors (Lipinski definition) is 1. The Morgan fingerprint density at radius 3 is 2.50 bits per heavy atom. The second-order valence-corrected chi connectivity index (χ2v) is 7.63. The summed E-state index contributed by atoms with van der Waals surface area (Å²) in [6.45, 7) is 11.4.